The minimum atomic E-state index is -0.720. The Labute approximate surface area is 83.4 Å². The van der Waals surface area contributed by atoms with Crippen LogP contribution in [0.5, 0.6) is 0 Å². The van der Waals surface area contributed by atoms with E-state index < -0.39 is 6.23 Å². The molecule has 1 saturated heterocycles. The van der Waals surface area contributed by atoms with Crippen molar-refractivity contribution in [2.75, 3.05) is 13.2 Å². The highest BCUT2D eigenvalue weighted by atomic mass is 16.5. The maximum Gasteiger partial charge on any atom is 0.326 e. The highest BCUT2D eigenvalue weighted by Crippen LogP contribution is 2.10. The van der Waals surface area contributed by atoms with Crippen LogP contribution in [0.3, 0.4) is 0 Å². The monoisotopic (exact) mass is 200 g/mol. The molecule has 1 heterocycles. The van der Waals surface area contributed by atoms with Gasteiger partial charge in [0.1, 0.15) is 0 Å². The smallest absolute Gasteiger partial charge is 0.326 e. The number of hydrogen-bond acceptors (Lipinski definition) is 3. The zero-order valence-corrected chi connectivity index (χ0v) is 8.58. The number of urea groups is 1. The van der Waals surface area contributed by atoms with Gasteiger partial charge >= 0.3 is 6.03 Å². The standard InChI is InChI=1S/C9H16N2O3/c1-3-5-11-8(14-6-4-2)7(12)10-9(11)13/h8H,3-6H2,1-2H3,(H,10,12,13). The highest BCUT2D eigenvalue weighted by molar-refractivity contribution is 6.03. The summed E-state index contributed by atoms with van der Waals surface area (Å²) in [5.41, 5.74) is 0. The number of rotatable bonds is 5. The van der Waals surface area contributed by atoms with Crippen LogP contribution in [0.1, 0.15) is 26.7 Å². The van der Waals surface area contributed by atoms with Crippen molar-refractivity contribution in [3.8, 4) is 0 Å². The average Bonchev–Trinajstić information content (AvgIpc) is 2.40. The summed E-state index contributed by atoms with van der Waals surface area (Å²) in [6.45, 7) is 4.95. The van der Waals surface area contributed by atoms with E-state index in [0.29, 0.717) is 13.2 Å². The number of carbonyl (C=O) groups excluding carboxylic acids is 2. The number of ether oxygens (including phenoxy) is 1. The van der Waals surface area contributed by atoms with Crippen molar-refractivity contribution in [2.24, 2.45) is 0 Å². The molecule has 0 aromatic carbocycles. The van der Waals surface area contributed by atoms with E-state index in [1.165, 1.54) is 4.90 Å². The molecule has 1 N–H and O–H groups in total. The van der Waals surface area contributed by atoms with Crippen molar-refractivity contribution < 1.29 is 14.3 Å². The number of amides is 3. The first-order valence-electron chi connectivity index (χ1n) is 4.93. The van der Waals surface area contributed by atoms with Gasteiger partial charge in [0.25, 0.3) is 5.91 Å². The summed E-state index contributed by atoms with van der Waals surface area (Å²) in [6, 6.07) is -0.349. The van der Waals surface area contributed by atoms with Crippen molar-refractivity contribution in [1.82, 2.24) is 10.2 Å². The predicted octanol–water partition coefficient (Wildman–Crippen LogP) is 0.701. The minimum absolute atomic E-state index is 0.349. The fourth-order valence-electron chi connectivity index (χ4n) is 1.34. The minimum Gasteiger partial charge on any atom is -0.349 e. The maximum atomic E-state index is 11.3. The SMILES string of the molecule is CCCOC1C(=O)NC(=O)N1CCC. The number of nitrogens with zero attached hydrogens (tertiary/aromatic N) is 1. The van der Waals surface area contributed by atoms with Crippen LogP contribution in [0.15, 0.2) is 0 Å². The summed E-state index contributed by atoms with van der Waals surface area (Å²) in [7, 11) is 0. The van der Waals surface area contributed by atoms with Gasteiger partial charge in [0.2, 0.25) is 6.23 Å². The lowest BCUT2D eigenvalue weighted by atomic mass is 10.4. The van der Waals surface area contributed by atoms with Gasteiger partial charge in [0.15, 0.2) is 0 Å². The molecule has 0 aromatic heterocycles. The molecule has 5 heteroatoms. The predicted molar refractivity (Wildman–Crippen MR) is 50.6 cm³/mol. The van der Waals surface area contributed by atoms with E-state index in [9.17, 15) is 9.59 Å². The van der Waals surface area contributed by atoms with Gasteiger partial charge < -0.3 is 4.74 Å². The molecule has 1 aliphatic rings. The van der Waals surface area contributed by atoms with Crippen LogP contribution in [0.4, 0.5) is 4.79 Å². The highest BCUT2D eigenvalue weighted by Gasteiger charge is 2.38. The summed E-state index contributed by atoms with van der Waals surface area (Å²) in [5, 5.41) is 2.23. The van der Waals surface area contributed by atoms with Crippen LogP contribution in [-0.2, 0) is 9.53 Å². The molecule has 0 aliphatic carbocycles. The summed E-state index contributed by atoms with van der Waals surface area (Å²) < 4.78 is 5.29. The largest absolute Gasteiger partial charge is 0.349 e. The summed E-state index contributed by atoms with van der Waals surface area (Å²) in [6.07, 6.45) is 0.923. The number of imide groups is 1. The van der Waals surface area contributed by atoms with Crippen LogP contribution < -0.4 is 5.32 Å². The molecule has 1 fully saturated rings. The Morgan fingerprint density at radius 2 is 2.07 bits per heavy atom. The summed E-state index contributed by atoms with van der Waals surface area (Å²) in [4.78, 5) is 24.0. The zero-order chi connectivity index (χ0) is 10.6. The van der Waals surface area contributed by atoms with Crippen molar-refractivity contribution in [3.05, 3.63) is 0 Å². The molecule has 0 bridgehead atoms. The molecule has 0 radical (unpaired) electrons. The van der Waals surface area contributed by atoms with Gasteiger partial charge in [-0.05, 0) is 12.8 Å². The molecule has 0 aromatic rings. The van der Waals surface area contributed by atoms with Crippen LogP contribution >= 0.6 is 0 Å². The third-order valence-electron chi connectivity index (χ3n) is 1.94. The summed E-state index contributed by atoms with van der Waals surface area (Å²) in [5.74, 6) is -0.350. The fraction of sp³-hybridized carbons (Fsp3) is 0.778. The van der Waals surface area contributed by atoms with Gasteiger partial charge in [-0.15, -0.1) is 0 Å². The lowest BCUT2D eigenvalue weighted by Gasteiger charge is -2.20. The maximum absolute atomic E-state index is 11.3. The Kier molecular flexibility index (Phi) is 3.88. The van der Waals surface area contributed by atoms with Crippen molar-refractivity contribution in [1.29, 1.82) is 0 Å². The van der Waals surface area contributed by atoms with Crippen molar-refractivity contribution in [3.63, 3.8) is 0 Å². The van der Waals surface area contributed by atoms with E-state index >= 15 is 0 Å². The van der Waals surface area contributed by atoms with E-state index in [1.807, 2.05) is 13.8 Å². The molecule has 80 valence electrons. The Bertz CT molecular complexity index is 230. The Hall–Kier alpha value is -1.10. The Balaban J connectivity index is 2.58. The van der Waals surface area contributed by atoms with Gasteiger partial charge in [0, 0.05) is 13.2 Å². The van der Waals surface area contributed by atoms with Gasteiger partial charge in [-0.2, -0.15) is 0 Å². The van der Waals surface area contributed by atoms with E-state index in [1.54, 1.807) is 0 Å². The van der Waals surface area contributed by atoms with Crippen LogP contribution in [-0.4, -0.2) is 36.2 Å². The molecule has 1 aliphatic heterocycles. The molecule has 3 amide bonds. The quantitative estimate of drug-likeness (QED) is 0.664. The van der Waals surface area contributed by atoms with E-state index in [-0.39, 0.29) is 11.9 Å². The third kappa shape index (κ3) is 2.23. The second-order valence-corrected chi connectivity index (χ2v) is 3.21. The first-order chi connectivity index (χ1) is 6.70. The molecule has 0 spiro atoms. The number of nitrogens with one attached hydrogen (secondary N) is 1. The van der Waals surface area contributed by atoms with Crippen LogP contribution in [0.25, 0.3) is 0 Å². The van der Waals surface area contributed by atoms with E-state index in [0.717, 1.165) is 12.8 Å². The second-order valence-electron chi connectivity index (χ2n) is 3.21. The molecular formula is C9H16N2O3. The molecule has 0 saturated carbocycles. The van der Waals surface area contributed by atoms with Crippen LogP contribution in [0, 0.1) is 0 Å². The second kappa shape index (κ2) is 4.95. The van der Waals surface area contributed by atoms with Gasteiger partial charge in [-0.3, -0.25) is 15.0 Å². The molecule has 1 atom stereocenters. The first-order valence-corrected chi connectivity index (χ1v) is 4.93. The number of carbonyl (C=O) groups is 2. The lowest BCUT2D eigenvalue weighted by Crippen LogP contribution is -2.37. The van der Waals surface area contributed by atoms with E-state index in [4.69, 9.17) is 4.74 Å². The van der Waals surface area contributed by atoms with Crippen LogP contribution in [0.2, 0.25) is 0 Å². The Morgan fingerprint density at radius 3 is 2.64 bits per heavy atom. The lowest BCUT2D eigenvalue weighted by molar-refractivity contribution is -0.135. The van der Waals surface area contributed by atoms with Gasteiger partial charge in [-0.25, -0.2) is 4.79 Å². The van der Waals surface area contributed by atoms with Crippen molar-refractivity contribution >= 4 is 11.9 Å². The normalized spacial score (nSPS) is 21.6. The van der Waals surface area contributed by atoms with Gasteiger partial charge in [0.05, 0.1) is 0 Å². The Morgan fingerprint density at radius 1 is 1.36 bits per heavy atom. The number of hydrogen-bond donors (Lipinski definition) is 1. The molecule has 14 heavy (non-hydrogen) atoms. The van der Waals surface area contributed by atoms with Gasteiger partial charge in [-0.1, -0.05) is 13.8 Å². The topological polar surface area (TPSA) is 58.6 Å². The average molecular weight is 200 g/mol. The molecule has 1 rings (SSSR count). The molecular weight excluding hydrogens is 184 g/mol. The fourth-order valence-corrected chi connectivity index (χ4v) is 1.34. The first kappa shape index (κ1) is 11.0. The molecule has 1 unspecified atom stereocenters. The zero-order valence-electron chi connectivity index (χ0n) is 8.58. The molecule has 5 nitrogen and oxygen atoms in total. The van der Waals surface area contributed by atoms with E-state index in [2.05, 4.69) is 5.32 Å². The third-order valence-corrected chi connectivity index (χ3v) is 1.94. The summed E-state index contributed by atoms with van der Waals surface area (Å²) >= 11 is 0. The van der Waals surface area contributed by atoms with Crippen molar-refractivity contribution in [2.45, 2.75) is 32.9 Å².